The molecule has 0 bridgehead atoms. The highest BCUT2D eigenvalue weighted by atomic mass is 32.2. The Morgan fingerprint density at radius 1 is 1.09 bits per heavy atom. The van der Waals surface area contributed by atoms with Crippen molar-refractivity contribution in [1.29, 1.82) is 0 Å². The molecule has 0 unspecified atom stereocenters. The quantitative estimate of drug-likeness (QED) is 0.531. The zero-order valence-electron chi connectivity index (χ0n) is 18.9. The summed E-state index contributed by atoms with van der Waals surface area (Å²) >= 11 is 0. The highest BCUT2D eigenvalue weighted by molar-refractivity contribution is 7.89. The van der Waals surface area contributed by atoms with E-state index in [0.717, 1.165) is 29.8 Å². The number of aromatic nitrogens is 2. The molecule has 0 atom stereocenters. The molecule has 1 aliphatic heterocycles. The second kappa shape index (κ2) is 8.99. The van der Waals surface area contributed by atoms with Crippen LogP contribution in [0.4, 0.5) is 5.69 Å². The highest BCUT2D eigenvalue weighted by Gasteiger charge is 2.28. The topological polar surface area (TPSA) is 105 Å². The van der Waals surface area contributed by atoms with Crippen LogP contribution >= 0.6 is 0 Å². The van der Waals surface area contributed by atoms with Gasteiger partial charge in [0.15, 0.2) is 0 Å². The maximum Gasteiger partial charge on any atom is 0.259 e. The van der Waals surface area contributed by atoms with Crippen molar-refractivity contribution in [3.8, 4) is 11.4 Å². The number of aryl methyl sites for hydroxylation is 1. The van der Waals surface area contributed by atoms with Crippen molar-refractivity contribution in [3.05, 3.63) is 65.5 Å². The normalized spacial score (nSPS) is 14.7. The molecule has 2 heterocycles. The molecule has 2 N–H and O–H groups in total. The molecule has 1 amide bonds. The Balaban J connectivity index is 1.66. The van der Waals surface area contributed by atoms with E-state index < -0.39 is 15.9 Å². The smallest absolute Gasteiger partial charge is 0.259 e. The molecule has 9 heteroatoms. The van der Waals surface area contributed by atoms with Gasteiger partial charge in [-0.05, 0) is 56.0 Å². The van der Waals surface area contributed by atoms with Gasteiger partial charge in [-0.15, -0.1) is 0 Å². The maximum absolute atomic E-state index is 13.2. The fraction of sp³-hybridized carbons (Fsp3) is 0.333. The van der Waals surface area contributed by atoms with Gasteiger partial charge in [0.25, 0.3) is 5.91 Å². The number of phenolic OH excluding ortho intramolecular Hbond substituents is 1. The monoisotopic (exact) mass is 468 g/mol. The lowest BCUT2D eigenvalue weighted by Gasteiger charge is -2.17. The third kappa shape index (κ3) is 4.51. The molecule has 0 spiro atoms. The Labute approximate surface area is 193 Å². The number of aromatic hydroxyl groups is 1. The summed E-state index contributed by atoms with van der Waals surface area (Å²) in [4.78, 5) is 13.2. The number of benzene rings is 2. The van der Waals surface area contributed by atoms with Crippen LogP contribution in [0.15, 0.2) is 53.6 Å². The van der Waals surface area contributed by atoms with Gasteiger partial charge in [-0.25, -0.2) is 13.1 Å². The number of carbonyl (C=O) groups excluding carboxylic acids is 1. The third-order valence-electron chi connectivity index (χ3n) is 5.80. The molecule has 1 aliphatic rings. The second-order valence-corrected chi connectivity index (χ2v) is 10.5. The Kier molecular flexibility index (Phi) is 6.27. The first-order chi connectivity index (χ1) is 15.7. The lowest BCUT2D eigenvalue weighted by Crippen LogP contribution is -2.28. The first-order valence-electron chi connectivity index (χ1n) is 11.0. The van der Waals surface area contributed by atoms with Gasteiger partial charge >= 0.3 is 0 Å². The molecule has 0 radical (unpaired) electrons. The number of nitrogens with zero attached hydrogens (tertiary/aromatic N) is 3. The Morgan fingerprint density at radius 2 is 1.76 bits per heavy atom. The lowest BCUT2D eigenvalue weighted by molar-refractivity contribution is 0.102. The number of hydrogen-bond donors (Lipinski definition) is 2. The second-order valence-electron chi connectivity index (χ2n) is 8.59. The summed E-state index contributed by atoms with van der Waals surface area (Å²) in [6, 6.07) is 11.8. The van der Waals surface area contributed by atoms with Crippen LogP contribution in [0, 0.1) is 6.92 Å². The zero-order valence-corrected chi connectivity index (χ0v) is 19.8. The van der Waals surface area contributed by atoms with E-state index >= 15 is 0 Å². The molecular weight excluding hydrogens is 440 g/mol. The fourth-order valence-corrected chi connectivity index (χ4v) is 5.57. The van der Waals surface area contributed by atoms with Crippen LogP contribution in [0.25, 0.3) is 5.69 Å². The van der Waals surface area contributed by atoms with Gasteiger partial charge in [-0.2, -0.15) is 9.40 Å². The highest BCUT2D eigenvalue weighted by Crippen LogP contribution is 2.31. The number of rotatable bonds is 6. The van der Waals surface area contributed by atoms with E-state index in [1.54, 1.807) is 4.68 Å². The summed E-state index contributed by atoms with van der Waals surface area (Å²) < 4.78 is 29.0. The Bertz CT molecular complexity index is 1270. The minimum atomic E-state index is -3.68. The summed E-state index contributed by atoms with van der Waals surface area (Å²) in [5.41, 5.74) is 3.08. The summed E-state index contributed by atoms with van der Waals surface area (Å²) in [6.45, 7) is 6.89. The molecule has 4 rings (SSSR count). The molecule has 1 aromatic heterocycles. The molecule has 8 nitrogen and oxygen atoms in total. The standard InChI is InChI=1S/C24H28N4O4S/c1-16(2)23-20(15-25-28(23)18-8-6-17(3)7-9-18)24(30)26-21-14-19(10-11-22(21)29)33(31,32)27-12-4-5-13-27/h6-11,14-16,29H,4-5,12-13H2,1-3H3,(H,26,30). The molecular formula is C24H28N4O4S. The average molecular weight is 469 g/mol. The number of phenols is 1. The van der Waals surface area contributed by atoms with Crippen molar-refractivity contribution >= 4 is 21.6 Å². The number of carbonyl (C=O) groups is 1. The van der Waals surface area contributed by atoms with Crippen molar-refractivity contribution in [2.75, 3.05) is 18.4 Å². The predicted octanol–water partition coefficient (Wildman–Crippen LogP) is 4.05. The van der Waals surface area contributed by atoms with Gasteiger partial charge in [-0.1, -0.05) is 31.5 Å². The zero-order chi connectivity index (χ0) is 23.8. The van der Waals surface area contributed by atoms with Crippen molar-refractivity contribution in [2.45, 2.75) is 44.4 Å². The minimum Gasteiger partial charge on any atom is -0.506 e. The third-order valence-corrected chi connectivity index (χ3v) is 7.69. The molecule has 0 aliphatic carbocycles. The predicted molar refractivity (Wildman–Crippen MR) is 126 cm³/mol. The maximum atomic E-state index is 13.2. The SMILES string of the molecule is Cc1ccc(-n2ncc(C(=O)Nc3cc(S(=O)(=O)N4CCCC4)ccc3O)c2C(C)C)cc1. The molecule has 1 fully saturated rings. The summed E-state index contributed by atoms with van der Waals surface area (Å²) in [5, 5.41) is 17.4. The number of anilines is 1. The van der Waals surface area contributed by atoms with E-state index in [4.69, 9.17) is 0 Å². The molecule has 33 heavy (non-hydrogen) atoms. The summed E-state index contributed by atoms with van der Waals surface area (Å²) in [5.74, 6) is -0.686. The van der Waals surface area contributed by atoms with E-state index in [0.29, 0.717) is 18.7 Å². The van der Waals surface area contributed by atoms with E-state index in [9.17, 15) is 18.3 Å². The molecule has 3 aromatic rings. The fourth-order valence-electron chi connectivity index (χ4n) is 4.02. The Morgan fingerprint density at radius 3 is 2.39 bits per heavy atom. The summed E-state index contributed by atoms with van der Waals surface area (Å²) in [7, 11) is -3.68. The van der Waals surface area contributed by atoms with Crippen LogP contribution in [0.1, 0.15) is 54.2 Å². The van der Waals surface area contributed by atoms with Gasteiger partial charge in [0.2, 0.25) is 10.0 Å². The van der Waals surface area contributed by atoms with Crippen molar-refractivity contribution in [1.82, 2.24) is 14.1 Å². The van der Waals surface area contributed by atoms with E-state index in [1.807, 2.05) is 45.0 Å². The van der Waals surface area contributed by atoms with Gasteiger partial charge in [0.05, 0.1) is 33.7 Å². The molecule has 2 aromatic carbocycles. The van der Waals surface area contributed by atoms with Crippen molar-refractivity contribution < 1.29 is 18.3 Å². The first kappa shape index (κ1) is 23.0. The number of sulfonamides is 1. The molecule has 0 saturated carbocycles. The lowest BCUT2D eigenvalue weighted by atomic mass is 10.0. The van der Waals surface area contributed by atoms with Crippen LogP contribution in [-0.2, 0) is 10.0 Å². The van der Waals surface area contributed by atoms with Crippen LogP contribution in [0.3, 0.4) is 0 Å². The van der Waals surface area contributed by atoms with Gasteiger partial charge in [0.1, 0.15) is 5.75 Å². The summed E-state index contributed by atoms with van der Waals surface area (Å²) in [6.07, 6.45) is 3.14. The van der Waals surface area contributed by atoms with Crippen molar-refractivity contribution in [3.63, 3.8) is 0 Å². The van der Waals surface area contributed by atoms with Crippen LogP contribution < -0.4 is 5.32 Å². The number of hydrogen-bond acceptors (Lipinski definition) is 5. The van der Waals surface area contributed by atoms with E-state index in [1.165, 1.54) is 28.7 Å². The largest absolute Gasteiger partial charge is 0.506 e. The van der Waals surface area contributed by atoms with Crippen molar-refractivity contribution in [2.24, 2.45) is 0 Å². The van der Waals surface area contributed by atoms with Crippen LogP contribution in [0.2, 0.25) is 0 Å². The van der Waals surface area contributed by atoms with Gasteiger partial charge < -0.3 is 10.4 Å². The van der Waals surface area contributed by atoms with Crippen LogP contribution in [0.5, 0.6) is 5.75 Å². The number of amides is 1. The minimum absolute atomic E-state index is 0.00923. The Hall–Kier alpha value is -3.17. The molecule has 174 valence electrons. The number of nitrogens with one attached hydrogen (secondary N) is 1. The van der Waals surface area contributed by atoms with Gasteiger partial charge in [0, 0.05) is 13.1 Å². The van der Waals surface area contributed by atoms with Crippen LogP contribution in [-0.4, -0.2) is 46.6 Å². The average Bonchev–Trinajstić information content (AvgIpc) is 3.46. The van der Waals surface area contributed by atoms with Gasteiger partial charge in [-0.3, -0.25) is 4.79 Å². The first-order valence-corrected chi connectivity index (χ1v) is 12.4. The van der Waals surface area contributed by atoms with E-state index in [-0.39, 0.29) is 22.3 Å². The molecule has 1 saturated heterocycles. The van der Waals surface area contributed by atoms with E-state index in [2.05, 4.69) is 10.4 Å².